The molecule has 3 aromatic carbocycles. The van der Waals surface area contributed by atoms with Crippen LogP contribution in [0.1, 0.15) is 5.56 Å². The smallest absolute Gasteiger partial charge is 0.323 e. The van der Waals surface area contributed by atoms with Gasteiger partial charge in [0.25, 0.3) is 0 Å². The molecule has 2 heterocycles. The molecule has 0 aliphatic rings. The summed E-state index contributed by atoms with van der Waals surface area (Å²) in [6.45, 7) is 0.719. The lowest BCUT2D eigenvalue weighted by Gasteiger charge is -2.10. The SMILES string of the molecule is O=c1[nH]c2ccc(-c3cncc(NCc4cccc5ccccc45)c3)cc2[nH]1. The van der Waals surface area contributed by atoms with Crippen molar-refractivity contribution in [3.63, 3.8) is 0 Å². The van der Waals surface area contributed by atoms with Crippen LogP contribution in [0.2, 0.25) is 0 Å². The molecule has 5 aromatic rings. The molecule has 28 heavy (non-hydrogen) atoms. The number of nitrogens with zero attached hydrogens (tertiary/aromatic N) is 1. The molecular weight excluding hydrogens is 348 g/mol. The first-order valence-electron chi connectivity index (χ1n) is 9.14. The van der Waals surface area contributed by atoms with Gasteiger partial charge in [0.1, 0.15) is 0 Å². The maximum Gasteiger partial charge on any atom is 0.323 e. The van der Waals surface area contributed by atoms with Gasteiger partial charge in [-0.05, 0) is 40.1 Å². The molecule has 5 nitrogen and oxygen atoms in total. The predicted octanol–water partition coefficient (Wildman–Crippen LogP) is 4.68. The zero-order valence-electron chi connectivity index (χ0n) is 15.1. The number of aromatic nitrogens is 3. The molecule has 0 bridgehead atoms. The Morgan fingerprint density at radius 3 is 2.64 bits per heavy atom. The van der Waals surface area contributed by atoms with Crippen LogP contribution in [0.3, 0.4) is 0 Å². The molecule has 0 atom stereocenters. The van der Waals surface area contributed by atoms with Gasteiger partial charge >= 0.3 is 5.69 Å². The second kappa shape index (κ2) is 6.70. The van der Waals surface area contributed by atoms with Crippen molar-refractivity contribution in [1.29, 1.82) is 0 Å². The highest BCUT2D eigenvalue weighted by Crippen LogP contribution is 2.25. The van der Waals surface area contributed by atoms with Gasteiger partial charge in [-0.15, -0.1) is 0 Å². The van der Waals surface area contributed by atoms with Gasteiger partial charge in [-0.3, -0.25) is 4.98 Å². The number of hydrogen-bond acceptors (Lipinski definition) is 3. The minimum absolute atomic E-state index is 0.198. The highest BCUT2D eigenvalue weighted by atomic mass is 16.1. The van der Waals surface area contributed by atoms with Crippen molar-refractivity contribution < 1.29 is 0 Å². The van der Waals surface area contributed by atoms with E-state index in [1.165, 1.54) is 16.3 Å². The van der Waals surface area contributed by atoms with E-state index in [0.717, 1.165) is 34.4 Å². The molecule has 0 saturated carbocycles. The highest BCUT2D eigenvalue weighted by Gasteiger charge is 2.05. The molecule has 5 rings (SSSR count). The summed E-state index contributed by atoms with van der Waals surface area (Å²) in [6.07, 6.45) is 3.65. The molecule has 5 heteroatoms. The topological polar surface area (TPSA) is 73.6 Å². The van der Waals surface area contributed by atoms with Gasteiger partial charge in [0, 0.05) is 24.5 Å². The van der Waals surface area contributed by atoms with Crippen LogP contribution in [-0.4, -0.2) is 15.0 Å². The highest BCUT2D eigenvalue weighted by molar-refractivity contribution is 5.86. The van der Waals surface area contributed by atoms with Gasteiger partial charge < -0.3 is 15.3 Å². The molecular formula is C23H18N4O. The number of imidazole rings is 1. The van der Waals surface area contributed by atoms with Gasteiger partial charge in [-0.1, -0.05) is 48.5 Å². The third kappa shape index (κ3) is 3.03. The fourth-order valence-corrected chi connectivity index (χ4v) is 3.55. The van der Waals surface area contributed by atoms with Crippen LogP contribution in [0, 0.1) is 0 Å². The maximum atomic E-state index is 11.5. The van der Waals surface area contributed by atoms with Crippen LogP contribution in [0.25, 0.3) is 32.9 Å². The molecule has 2 aromatic heterocycles. The van der Waals surface area contributed by atoms with Crippen LogP contribution >= 0.6 is 0 Å². The zero-order valence-corrected chi connectivity index (χ0v) is 15.1. The monoisotopic (exact) mass is 366 g/mol. The van der Waals surface area contributed by atoms with E-state index >= 15 is 0 Å². The fraction of sp³-hybridized carbons (Fsp3) is 0.0435. The van der Waals surface area contributed by atoms with Crippen molar-refractivity contribution in [2.45, 2.75) is 6.54 Å². The Bertz CT molecular complexity index is 1340. The summed E-state index contributed by atoms with van der Waals surface area (Å²) in [7, 11) is 0. The Hall–Kier alpha value is -3.86. The van der Waals surface area contributed by atoms with Crippen molar-refractivity contribution in [2.24, 2.45) is 0 Å². The van der Waals surface area contributed by atoms with Crippen molar-refractivity contribution in [3.8, 4) is 11.1 Å². The number of pyridine rings is 1. The number of H-pyrrole nitrogens is 2. The fourth-order valence-electron chi connectivity index (χ4n) is 3.55. The van der Waals surface area contributed by atoms with Crippen molar-refractivity contribution in [2.75, 3.05) is 5.32 Å². The summed E-state index contributed by atoms with van der Waals surface area (Å²) in [4.78, 5) is 21.4. The quantitative estimate of drug-likeness (QED) is 0.432. The molecule has 136 valence electrons. The number of hydrogen-bond donors (Lipinski definition) is 3. The third-order valence-corrected chi connectivity index (χ3v) is 4.95. The lowest BCUT2D eigenvalue weighted by Crippen LogP contribution is -2.00. The average molecular weight is 366 g/mol. The minimum atomic E-state index is -0.198. The van der Waals surface area contributed by atoms with E-state index in [9.17, 15) is 4.79 Å². The molecule has 0 spiro atoms. The molecule has 0 aliphatic carbocycles. The number of fused-ring (bicyclic) bond motifs is 2. The summed E-state index contributed by atoms with van der Waals surface area (Å²) >= 11 is 0. The molecule has 0 unspecified atom stereocenters. The van der Waals surface area contributed by atoms with Crippen LogP contribution in [0.5, 0.6) is 0 Å². The largest absolute Gasteiger partial charge is 0.380 e. The second-order valence-corrected chi connectivity index (χ2v) is 6.79. The van der Waals surface area contributed by atoms with Crippen LogP contribution < -0.4 is 11.0 Å². The molecule has 0 aliphatic heterocycles. The van der Waals surface area contributed by atoms with E-state index in [0.29, 0.717) is 0 Å². The standard InChI is InChI=1S/C23H18N4O/c28-23-26-21-9-8-16(11-22(21)27-23)18-10-19(14-24-12-18)25-13-17-6-3-5-15-4-1-2-7-20(15)17/h1-12,14,25H,13H2,(H2,26,27,28). The lowest BCUT2D eigenvalue weighted by molar-refractivity contribution is 1.15. The Balaban J connectivity index is 1.42. The first-order chi connectivity index (χ1) is 13.8. The van der Waals surface area contributed by atoms with Crippen molar-refractivity contribution in [1.82, 2.24) is 15.0 Å². The van der Waals surface area contributed by atoms with Crippen molar-refractivity contribution in [3.05, 3.63) is 95.2 Å². The Morgan fingerprint density at radius 1 is 0.821 bits per heavy atom. The molecule has 0 radical (unpaired) electrons. The van der Waals surface area contributed by atoms with Crippen LogP contribution in [-0.2, 0) is 6.54 Å². The van der Waals surface area contributed by atoms with Gasteiger partial charge in [-0.2, -0.15) is 0 Å². The van der Waals surface area contributed by atoms with E-state index in [1.54, 1.807) is 0 Å². The summed E-state index contributed by atoms with van der Waals surface area (Å²) in [5.41, 5.74) is 5.58. The number of benzene rings is 3. The van der Waals surface area contributed by atoms with E-state index in [-0.39, 0.29) is 5.69 Å². The van der Waals surface area contributed by atoms with Gasteiger partial charge in [0.15, 0.2) is 0 Å². The first-order valence-corrected chi connectivity index (χ1v) is 9.14. The Kier molecular flexibility index (Phi) is 3.91. The molecule has 3 N–H and O–H groups in total. The number of nitrogens with one attached hydrogen (secondary N) is 3. The molecule has 0 amide bonds. The summed E-state index contributed by atoms with van der Waals surface area (Å²) < 4.78 is 0. The number of anilines is 1. The molecule has 0 saturated heterocycles. The van der Waals surface area contributed by atoms with Gasteiger partial charge in [0.05, 0.1) is 16.7 Å². The minimum Gasteiger partial charge on any atom is -0.380 e. The van der Waals surface area contributed by atoms with E-state index < -0.39 is 0 Å². The van der Waals surface area contributed by atoms with Crippen molar-refractivity contribution >= 4 is 27.5 Å². The van der Waals surface area contributed by atoms with E-state index in [1.807, 2.05) is 30.6 Å². The first kappa shape index (κ1) is 16.3. The van der Waals surface area contributed by atoms with E-state index in [2.05, 4.69) is 68.8 Å². The summed E-state index contributed by atoms with van der Waals surface area (Å²) in [6, 6.07) is 22.7. The normalized spacial score (nSPS) is 11.1. The van der Waals surface area contributed by atoms with Gasteiger partial charge in [-0.25, -0.2) is 4.79 Å². The lowest BCUT2D eigenvalue weighted by atomic mass is 10.0. The van der Waals surface area contributed by atoms with Crippen LogP contribution in [0.4, 0.5) is 5.69 Å². The summed E-state index contributed by atoms with van der Waals surface area (Å²) in [5, 5.41) is 5.97. The average Bonchev–Trinajstić information content (AvgIpc) is 3.11. The van der Waals surface area contributed by atoms with Gasteiger partial charge in [0.2, 0.25) is 0 Å². The zero-order chi connectivity index (χ0) is 18.9. The number of aromatic amines is 2. The maximum absolute atomic E-state index is 11.5. The summed E-state index contributed by atoms with van der Waals surface area (Å²) in [5.74, 6) is 0. The van der Waals surface area contributed by atoms with Crippen LogP contribution in [0.15, 0.2) is 83.9 Å². The number of rotatable bonds is 4. The predicted molar refractivity (Wildman–Crippen MR) is 113 cm³/mol. The van der Waals surface area contributed by atoms with E-state index in [4.69, 9.17) is 0 Å². The third-order valence-electron chi connectivity index (χ3n) is 4.95. The Labute approximate surface area is 161 Å². The second-order valence-electron chi connectivity index (χ2n) is 6.79. The Morgan fingerprint density at radius 2 is 1.68 bits per heavy atom. The molecule has 0 fully saturated rings.